The van der Waals surface area contributed by atoms with Crippen molar-refractivity contribution in [3.05, 3.63) is 64.7 Å². The van der Waals surface area contributed by atoms with Gasteiger partial charge in [0.05, 0.1) is 12.5 Å². The first kappa shape index (κ1) is 17.5. The second-order valence-electron chi connectivity index (χ2n) is 5.99. The summed E-state index contributed by atoms with van der Waals surface area (Å²) in [5.41, 5.74) is 10.1. The molecule has 24 heavy (non-hydrogen) atoms. The number of rotatable bonds is 5. The van der Waals surface area contributed by atoms with Crippen molar-refractivity contribution in [2.45, 2.75) is 33.2 Å². The van der Waals surface area contributed by atoms with Crippen LogP contribution in [-0.4, -0.2) is 11.9 Å². The predicted molar refractivity (Wildman–Crippen MR) is 95.8 cm³/mol. The largest absolute Gasteiger partial charge is 0.352 e. The zero-order valence-electron chi connectivity index (χ0n) is 14.2. The van der Waals surface area contributed by atoms with Gasteiger partial charge in [0.1, 0.15) is 0 Å². The van der Waals surface area contributed by atoms with Gasteiger partial charge in [0, 0.05) is 5.69 Å². The van der Waals surface area contributed by atoms with Crippen molar-refractivity contribution >= 4 is 17.6 Å². The molecule has 0 fully saturated rings. The van der Waals surface area contributed by atoms with Crippen LogP contribution >= 0.6 is 0 Å². The molecule has 5 nitrogen and oxygen atoms in total. The SMILES string of the molecule is Cc1ccc(NC(=O)CC(NC(N)=O)c2ccccc2C)c(C)c1. The number of amides is 3. The summed E-state index contributed by atoms with van der Waals surface area (Å²) in [6.45, 7) is 5.89. The summed E-state index contributed by atoms with van der Waals surface area (Å²) in [6, 6.07) is 12.3. The summed E-state index contributed by atoms with van der Waals surface area (Å²) in [6.07, 6.45) is 0.112. The summed E-state index contributed by atoms with van der Waals surface area (Å²) < 4.78 is 0. The summed E-state index contributed by atoms with van der Waals surface area (Å²) in [7, 11) is 0. The Balaban J connectivity index is 2.15. The maximum atomic E-state index is 12.4. The van der Waals surface area contributed by atoms with Gasteiger partial charge in [0.2, 0.25) is 5.91 Å². The Morgan fingerprint density at radius 1 is 1.04 bits per heavy atom. The third kappa shape index (κ3) is 4.59. The summed E-state index contributed by atoms with van der Waals surface area (Å²) >= 11 is 0. The number of hydrogen-bond acceptors (Lipinski definition) is 2. The first-order chi connectivity index (χ1) is 11.4. The molecule has 0 spiro atoms. The van der Waals surface area contributed by atoms with E-state index in [0.29, 0.717) is 0 Å². The molecule has 0 aliphatic heterocycles. The highest BCUT2D eigenvalue weighted by Crippen LogP contribution is 2.22. The Kier molecular flexibility index (Phi) is 5.58. The molecule has 0 heterocycles. The lowest BCUT2D eigenvalue weighted by Crippen LogP contribution is -2.35. The minimum Gasteiger partial charge on any atom is -0.352 e. The van der Waals surface area contributed by atoms with Gasteiger partial charge < -0.3 is 16.4 Å². The molecule has 0 aromatic heterocycles. The minimum atomic E-state index is -0.650. The van der Waals surface area contributed by atoms with Crippen LogP contribution in [0.25, 0.3) is 0 Å². The van der Waals surface area contributed by atoms with Crippen LogP contribution in [0.15, 0.2) is 42.5 Å². The number of primary amides is 1. The number of benzene rings is 2. The van der Waals surface area contributed by atoms with E-state index < -0.39 is 12.1 Å². The number of carbonyl (C=O) groups is 2. The van der Waals surface area contributed by atoms with Crippen LogP contribution in [0.1, 0.15) is 34.7 Å². The Morgan fingerprint density at radius 3 is 2.38 bits per heavy atom. The molecule has 2 rings (SSSR count). The van der Waals surface area contributed by atoms with E-state index in [4.69, 9.17) is 5.73 Å². The highest BCUT2D eigenvalue weighted by atomic mass is 16.2. The van der Waals surface area contributed by atoms with Gasteiger partial charge in [-0.2, -0.15) is 0 Å². The van der Waals surface area contributed by atoms with Gasteiger partial charge in [-0.15, -0.1) is 0 Å². The van der Waals surface area contributed by atoms with E-state index in [1.165, 1.54) is 0 Å². The van der Waals surface area contributed by atoms with Crippen LogP contribution in [0.5, 0.6) is 0 Å². The molecule has 0 saturated heterocycles. The number of aryl methyl sites for hydroxylation is 3. The molecule has 3 amide bonds. The molecule has 2 aromatic carbocycles. The molecule has 0 radical (unpaired) electrons. The average molecular weight is 325 g/mol. The number of carbonyl (C=O) groups excluding carboxylic acids is 2. The second kappa shape index (κ2) is 7.64. The van der Waals surface area contributed by atoms with Crippen LogP contribution in [0.4, 0.5) is 10.5 Å². The topological polar surface area (TPSA) is 84.2 Å². The molecular formula is C19H23N3O2. The molecule has 1 atom stereocenters. The lowest BCUT2D eigenvalue weighted by atomic mass is 9.98. The van der Waals surface area contributed by atoms with Crippen molar-refractivity contribution in [1.82, 2.24) is 5.32 Å². The predicted octanol–water partition coefficient (Wildman–Crippen LogP) is 3.35. The molecule has 1 unspecified atom stereocenters. The van der Waals surface area contributed by atoms with E-state index in [-0.39, 0.29) is 12.3 Å². The van der Waals surface area contributed by atoms with Gasteiger partial charge >= 0.3 is 6.03 Å². The van der Waals surface area contributed by atoms with Crippen molar-refractivity contribution < 1.29 is 9.59 Å². The highest BCUT2D eigenvalue weighted by molar-refractivity contribution is 5.92. The fourth-order valence-electron chi connectivity index (χ4n) is 2.73. The maximum Gasteiger partial charge on any atom is 0.312 e. The standard InChI is InChI=1S/C19H23N3O2/c1-12-8-9-16(14(3)10-12)21-18(23)11-17(22-19(20)24)15-7-5-4-6-13(15)2/h4-10,17H,11H2,1-3H3,(H,21,23)(H3,20,22,24). The molecule has 4 N–H and O–H groups in total. The van der Waals surface area contributed by atoms with Gasteiger partial charge in [-0.3, -0.25) is 4.79 Å². The first-order valence-electron chi connectivity index (χ1n) is 7.85. The third-order valence-corrected chi connectivity index (χ3v) is 3.93. The molecule has 0 saturated carbocycles. The molecule has 0 aliphatic carbocycles. The summed E-state index contributed by atoms with van der Waals surface area (Å²) in [4.78, 5) is 23.7. The second-order valence-corrected chi connectivity index (χ2v) is 5.99. The average Bonchev–Trinajstić information content (AvgIpc) is 2.49. The van der Waals surface area contributed by atoms with Crippen LogP contribution in [0, 0.1) is 20.8 Å². The van der Waals surface area contributed by atoms with E-state index in [1.54, 1.807) is 0 Å². The number of nitrogens with one attached hydrogen (secondary N) is 2. The van der Waals surface area contributed by atoms with Crippen molar-refractivity contribution in [3.8, 4) is 0 Å². The van der Waals surface area contributed by atoms with Crippen molar-refractivity contribution in [3.63, 3.8) is 0 Å². The third-order valence-electron chi connectivity index (χ3n) is 3.93. The fraction of sp³-hybridized carbons (Fsp3) is 0.263. The smallest absolute Gasteiger partial charge is 0.312 e. The van der Waals surface area contributed by atoms with Crippen LogP contribution in [-0.2, 0) is 4.79 Å². The molecule has 2 aromatic rings. The van der Waals surface area contributed by atoms with E-state index in [1.807, 2.05) is 63.2 Å². The highest BCUT2D eigenvalue weighted by Gasteiger charge is 2.19. The van der Waals surface area contributed by atoms with Crippen molar-refractivity contribution in [1.29, 1.82) is 0 Å². The molecule has 126 valence electrons. The van der Waals surface area contributed by atoms with Gasteiger partial charge in [-0.05, 0) is 43.5 Å². The number of anilines is 1. The van der Waals surface area contributed by atoms with Gasteiger partial charge in [0.15, 0.2) is 0 Å². The van der Waals surface area contributed by atoms with E-state index in [0.717, 1.165) is 27.9 Å². The van der Waals surface area contributed by atoms with Crippen molar-refractivity contribution in [2.24, 2.45) is 5.73 Å². The van der Waals surface area contributed by atoms with Crippen LogP contribution < -0.4 is 16.4 Å². The van der Waals surface area contributed by atoms with Gasteiger partial charge in [0.25, 0.3) is 0 Å². The monoisotopic (exact) mass is 325 g/mol. The molecule has 0 bridgehead atoms. The van der Waals surface area contributed by atoms with Crippen molar-refractivity contribution in [2.75, 3.05) is 5.32 Å². The van der Waals surface area contributed by atoms with Gasteiger partial charge in [-0.25, -0.2) is 4.79 Å². The Labute approximate surface area is 142 Å². The quantitative estimate of drug-likeness (QED) is 0.787. The van der Waals surface area contributed by atoms with E-state index in [2.05, 4.69) is 10.6 Å². The van der Waals surface area contributed by atoms with E-state index in [9.17, 15) is 9.59 Å². The number of urea groups is 1. The number of hydrogen-bond donors (Lipinski definition) is 3. The Hall–Kier alpha value is -2.82. The minimum absolute atomic E-state index is 0.112. The Bertz CT molecular complexity index is 756. The zero-order chi connectivity index (χ0) is 17.7. The zero-order valence-corrected chi connectivity index (χ0v) is 14.2. The van der Waals surface area contributed by atoms with Crippen LogP contribution in [0.3, 0.4) is 0 Å². The normalized spacial score (nSPS) is 11.6. The lowest BCUT2D eigenvalue weighted by Gasteiger charge is -2.20. The van der Waals surface area contributed by atoms with Gasteiger partial charge in [-0.1, -0.05) is 42.0 Å². The first-order valence-corrected chi connectivity index (χ1v) is 7.85. The molecular weight excluding hydrogens is 302 g/mol. The van der Waals surface area contributed by atoms with E-state index >= 15 is 0 Å². The summed E-state index contributed by atoms with van der Waals surface area (Å²) in [5, 5.41) is 5.55. The summed E-state index contributed by atoms with van der Waals surface area (Å²) in [5.74, 6) is -0.177. The maximum absolute atomic E-state index is 12.4. The van der Waals surface area contributed by atoms with Crippen LogP contribution in [0.2, 0.25) is 0 Å². The fourth-order valence-corrected chi connectivity index (χ4v) is 2.73. The molecule has 5 heteroatoms. The number of nitrogens with two attached hydrogens (primary N) is 1. The molecule has 0 aliphatic rings. The lowest BCUT2D eigenvalue weighted by molar-refractivity contribution is -0.116. The Morgan fingerprint density at radius 2 is 1.75 bits per heavy atom.